The molecule has 1 aliphatic rings. The van der Waals surface area contributed by atoms with Crippen LogP contribution in [0.1, 0.15) is 25.0 Å². The van der Waals surface area contributed by atoms with Gasteiger partial charge in [-0.2, -0.15) is 0 Å². The zero-order valence-electron chi connectivity index (χ0n) is 11.1. The summed E-state index contributed by atoms with van der Waals surface area (Å²) in [6, 6.07) is 13.4. The maximum atomic E-state index is 4.78. The van der Waals surface area contributed by atoms with Crippen molar-refractivity contribution in [3.63, 3.8) is 0 Å². The van der Waals surface area contributed by atoms with Gasteiger partial charge in [-0.05, 0) is 31.5 Å². The number of pyridine rings is 1. The molecule has 1 fully saturated rings. The molecule has 1 atom stereocenters. The van der Waals surface area contributed by atoms with E-state index >= 15 is 0 Å². The Hall–Kier alpha value is -0.930. The van der Waals surface area contributed by atoms with Crippen LogP contribution in [0, 0.1) is 0 Å². The summed E-state index contributed by atoms with van der Waals surface area (Å²) in [5.74, 6) is 0. The second kappa shape index (κ2) is 6.02. The molecular formula is C16H19BrN2. The summed E-state index contributed by atoms with van der Waals surface area (Å²) in [7, 11) is 0. The van der Waals surface area contributed by atoms with Crippen molar-refractivity contribution < 1.29 is 0 Å². The highest BCUT2D eigenvalue weighted by Gasteiger charge is 2.21. The Kier molecular flexibility index (Phi) is 4.14. The molecular weight excluding hydrogens is 300 g/mol. The molecule has 0 spiro atoms. The zero-order chi connectivity index (χ0) is 13.1. The van der Waals surface area contributed by atoms with Crippen LogP contribution in [0.15, 0.2) is 36.4 Å². The van der Waals surface area contributed by atoms with E-state index in [9.17, 15) is 0 Å². The van der Waals surface area contributed by atoms with E-state index in [4.69, 9.17) is 4.98 Å². The number of para-hydroxylation sites is 1. The van der Waals surface area contributed by atoms with Gasteiger partial charge in [0.15, 0.2) is 0 Å². The number of likely N-dealkylation sites (tertiary alicyclic amines) is 1. The van der Waals surface area contributed by atoms with Crippen molar-refractivity contribution in [2.75, 3.05) is 11.9 Å². The van der Waals surface area contributed by atoms with Crippen molar-refractivity contribution in [3.8, 4) is 0 Å². The van der Waals surface area contributed by atoms with Gasteiger partial charge in [0.2, 0.25) is 0 Å². The summed E-state index contributed by atoms with van der Waals surface area (Å²) in [6.07, 6.45) is 3.98. The molecule has 19 heavy (non-hydrogen) atoms. The molecule has 0 bridgehead atoms. The van der Waals surface area contributed by atoms with Crippen LogP contribution in [-0.4, -0.2) is 27.8 Å². The fourth-order valence-electron chi connectivity index (χ4n) is 2.85. The Balaban J connectivity index is 1.80. The largest absolute Gasteiger partial charge is 0.294 e. The van der Waals surface area contributed by atoms with Crippen LogP contribution in [0.3, 0.4) is 0 Å². The molecule has 0 N–H and O–H groups in total. The van der Waals surface area contributed by atoms with E-state index in [1.165, 1.54) is 36.9 Å². The van der Waals surface area contributed by atoms with Gasteiger partial charge in [-0.25, -0.2) is 0 Å². The van der Waals surface area contributed by atoms with Gasteiger partial charge in [-0.3, -0.25) is 9.88 Å². The lowest BCUT2D eigenvalue weighted by Crippen LogP contribution is -2.40. The number of piperidine rings is 1. The van der Waals surface area contributed by atoms with E-state index in [1.807, 2.05) is 0 Å². The molecule has 1 aromatic carbocycles. The first kappa shape index (κ1) is 13.1. The third-order valence-electron chi connectivity index (χ3n) is 3.95. The number of benzene rings is 1. The predicted octanol–water partition coefficient (Wildman–Crippen LogP) is 3.98. The smallest absolute Gasteiger partial charge is 0.0705 e. The minimum atomic E-state index is 0.669. The second-order valence-corrected chi connectivity index (χ2v) is 5.92. The average molecular weight is 319 g/mol. The standard InChI is InChI=1S/C16H19BrN2/c17-11-15-6-3-4-10-19(15)12-14-9-8-13-5-1-2-7-16(13)18-14/h1-2,5,7-9,15H,3-4,6,10-12H2. The van der Waals surface area contributed by atoms with Crippen LogP contribution in [0.2, 0.25) is 0 Å². The lowest BCUT2D eigenvalue weighted by Gasteiger charge is -2.34. The van der Waals surface area contributed by atoms with Crippen LogP contribution < -0.4 is 0 Å². The van der Waals surface area contributed by atoms with Gasteiger partial charge in [-0.15, -0.1) is 0 Å². The first-order chi connectivity index (χ1) is 9.36. The Morgan fingerprint density at radius 1 is 1.16 bits per heavy atom. The molecule has 0 saturated carbocycles. The van der Waals surface area contributed by atoms with Gasteiger partial charge in [0.25, 0.3) is 0 Å². The molecule has 2 aromatic rings. The topological polar surface area (TPSA) is 16.1 Å². The number of hydrogen-bond acceptors (Lipinski definition) is 2. The van der Waals surface area contributed by atoms with Crippen molar-refractivity contribution in [3.05, 3.63) is 42.1 Å². The molecule has 100 valence electrons. The van der Waals surface area contributed by atoms with E-state index in [-0.39, 0.29) is 0 Å². The number of fused-ring (bicyclic) bond motifs is 1. The molecule has 1 aliphatic heterocycles. The monoisotopic (exact) mass is 318 g/mol. The summed E-state index contributed by atoms with van der Waals surface area (Å²) < 4.78 is 0. The quantitative estimate of drug-likeness (QED) is 0.796. The third kappa shape index (κ3) is 2.98. The number of alkyl halides is 1. The van der Waals surface area contributed by atoms with Crippen molar-refractivity contribution in [2.24, 2.45) is 0 Å². The summed E-state index contributed by atoms with van der Waals surface area (Å²) in [6.45, 7) is 2.17. The third-order valence-corrected chi connectivity index (χ3v) is 4.70. The van der Waals surface area contributed by atoms with Crippen LogP contribution in [0.25, 0.3) is 10.9 Å². The van der Waals surface area contributed by atoms with Crippen LogP contribution in [0.4, 0.5) is 0 Å². The normalized spacial score (nSPS) is 20.8. The second-order valence-electron chi connectivity index (χ2n) is 5.27. The van der Waals surface area contributed by atoms with Gasteiger partial charge >= 0.3 is 0 Å². The average Bonchev–Trinajstić information content (AvgIpc) is 2.48. The van der Waals surface area contributed by atoms with Crippen LogP contribution in [0.5, 0.6) is 0 Å². The number of nitrogens with zero attached hydrogens (tertiary/aromatic N) is 2. The molecule has 1 saturated heterocycles. The van der Waals surface area contributed by atoms with E-state index in [1.54, 1.807) is 0 Å². The molecule has 0 amide bonds. The SMILES string of the molecule is BrCC1CCCCN1Cc1ccc2ccccc2n1. The fourth-order valence-corrected chi connectivity index (χ4v) is 3.58. The number of halogens is 1. The molecule has 2 nitrogen and oxygen atoms in total. The lowest BCUT2D eigenvalue weighted by atomic mass is 10.0. The van der Waals surface area contributed by atoms with Crippen molar-refractivity contribution in [1.29, 1.82) is 0 Å². The van der Waals surface area contributed by atoms with E-state index in [2.05, 4.69) is 57.2 Å². The van der Waals surface area contributed by atoms with E-state index in [0.29, 0.717) is 6.04 Å². The van der Waals surface area contributed by atoms with Gasteiger partial charge in [0.05, 0.1) is 11.2 Å². The molecule has 0 radical (unpaired) electrons. The Bertz CT molecular complexity index is 555. The van der Waals surface area contributed by atoms with Crippen molar-refractivity contribution in [1.82, 2.24) is 9.88 Å². The fraction of sp³-hybridized carbons (Fsp3) is 0.438. The number of hydrogen-bond donors (Lipinski definition) is 0. The maximum absolute atomic E-state index is 4.78. The zero-order valence-corrected chi connectivity index (χ0v) is 12.6. The number of aromatic nitrogens is 1. The van der Waals surface area contributed by atoms with E-state index in [0.717, 1.165) is 17.4 Å². The first-order valence-electron chi connectivity index (χ1n) is 7.01. The Labute approximate surface area is 123 Å². The molecule has 1 aromatic heterocycles. The minimum absolute atomic E-state index is 0.669. The molecule has 1 unspecified atom stereocenters. The summed E-state index contributed by atoms with van der Waals surface area (Å²) in [5.41, 5.74) is 2.29. The highest BCUT2D eigenvalue weighted by Crippen LogP contribution is 2.21. The highest BCUT2D eigenvalue weighted by atomic mass is 79.9. The summed E-state index contributed by atoms with van der Waals surface area (Å²) >= 11 is 3.64. The summed E-state index contributed by atoms with van der Waals surface area (Å²) in [4.78, 5) is 7.35. The van der Waals surface area contributed by atoms with Gasteiger partial charge in [0, 0.05) is 23.3 Å². The molecule has 2 heterocycles. The first-order valence-corrected chi connectivity index (χ1v) is 8.13. The lowest BCUT2D eigenvalue weighted by molar-refractivity contribution is 0.155. The predicted molar refractivity (Wildman–Crippen MR) is 83.6 cm³/mol. The maximum Gasteiger partial charge on any atom is 0.0705 e. The van der Waals surface area contributed by atoms with Gasteiger partial charge in [-0.1, -0.05) is 46.6 Å². The van der Waals surface area contributed by atoms with Crippen LogP contribution in [-0.2, 0) is 6.54 Å². The molecule has 0 aliphatic carbocycles. The Morgan fingerprint density at radius 3 is 2.95 bits per heavy atom. The highest BCUT2D eigenvalue weighted by molar-refractivity contribution is 9.09. The molecule has 3 heteroatoms. The van der Waals surface area contributed by atoms with Gasteiger partial charge < -0.3 is 0 Å². The molecule has 3 rings (SSSR count). The number of rotatable bonds is 3. The summed E-state index contributed by atoms with van der Waals surface area (Å²) in [5, 5.41) is 2.29. The van der Waals surface area contributed by atoms with Crippen molar-refractivity contribution >= 4 is 26.8 Å². The van der Waals surface area contributed by atoms with E-state index < -0.39 is 0 Å². The van der Waals surface area contributed by atoms with Crippen LogP contribution >= 0.6 is 15.9 Å². The van der Waals surface area contributed by atoms with Gasteiger partial charge in [0.1, 0.15) is 0 Å². The van der Waals surface area contributed by atoms with Crippen molar-refractivity contribution in [2.45, 2.75) is 31.8 Å². The minimum Gasteiger partial charge on any atom is -0.294 e. The Morgan fingerprint density at radius 2 is 2.05 bits per heavy atom.